The lowest BCUT2D eigenvalue weighted by Gasteiger charge is -2.18. The fourth-order valence-corrected chi connectivity index (χ4v) is 7.95. The highest BCUT2D eigenvalue weighted by Crippen LogP contribution is 2.34. The highest BCUT2D eigenvalue weighted by Gasteiger charge is 2.33. The van der Waals surface area contributed by atoms with E-state index < -0.39 is 57.9 Å². The molecule has 6 rings (SSSR count). The first kappa shape index (κ1) is 54.3. The Labute approximate surface area is 389 Å². The quantitative estimate of drug-likeness (QED) is 0.0908. The average Bonchev–Trinajstić information content (AvgIpc) is 3.77. The molecule has 0 fully saturated rings. The number of amides is 2. The molecule has 12 nitrogen and oxygen atoms in total. The van der Waals surface area contributed by atoms with Crippen LogP contribution in [0.2, 0.25) is 0 Å². The number of carbonyl (C=O) groups excluding carboxylic acids is 2. The van der Waals surface area contributed by atoms with Gasteiger partial charge in [-0.25, -0.2) is 4.39 Å². The summed E-state index contributed by atoms with van der Waals surface area (Å²) in [6.45, 7) is 11.8. The molecule has 0 radical (unpaired) electrons. The molecule has 0 aliphatic carbocycles. The number of hydrogen-bond donors (Lipinski definition) is 3. The Hall–Kier alpha value is -5.35. The first-order valence-corrected chi connectivity index (χ1v) is 22.8. The molecule has 0 unspecified atom stereocenters. The number of carbonyl (C=O) groups is 2. The Morgan fingerprint density at radius 2 is 1.13 bits per heavy atom. The van der Waals surface area contributed by atoms with Crippen molar-refractivity contribution < 1.29 is 60.4 Å². The first-order chi connectivity index (χ1) is 31.4. The first-order valence-electron chi connectivity index (χ1n) is 21.2. The number of rotatable bonds is 14. The second kappa shape index (κ2) is 23.6. The lowest BCUT2D eigenvalue weighted by Crippen LogP contribution is -2.22. The maximum Gasteiger partial charge on any atom is 0.416 e. The summed E-state index contributed by atoms with van der Waals surface area (Å²) in [5.74, 6) is -2.93. The summed E-state index contributed by atoms with van der Waals surface area (Å²) in [5, 5.41) is 27.0. The lowest BCUT2D eigenvalue weighted by atomic mass is 10.1. The molecule has 4 heterocycles. The highest BCUT2D eigenvalue weighted by atomic mass is 32.1. The molecular formula is C46H53F7N6O6S2. The number of aliphatic hydroxyl groups excluding tert-OH is 1. The number of pyridine rings is 2. The van der Waals surface area contributed by atoms with E-state index in [1.54, 1.807) is 69.2 Å². The highest BCUT2D eigenvalue weighted by molar-refractivity contribution is 7.16. The molecule has 2 amide bonds. The van der Waals surface area contributed by atoms with E-state index in [0.29, 0.717) is 47.3 Å². The number of ether oxygens (including phenoxy) is 1. The topological polar surface area (TPSA) is 164 Å². The number of unbranched alkanes of at least 4 members (excludes halogenated alkanes) is 2. The summed E-state index contributed by atoms with van der Waals surface area (Å²) in [6, 6.07) is 8.03. The fourth-order valence-electron chi connectivity index (χ4n) is 5.91. The van der Waals surface area contributed by atoms with Gasteiger partial charge in [-0.2, -0.15) is 36.3 Å². The van der Waals surface area contributed by atoms with Gasteiger partial charge < -0.3 is 29.2 Å². The van der Waals surface area contributed by atoms with Crippen molar-refractivity contribution in [1.82, 2.24) is 19.1 Å². The van der Waals surface area contributed by atoms with E-state index in [2.05, 4.69) is 20.0 Å². The van der Waals surface area contributed by atoms with Gasteiger partial charge in [-0.15, -0.1) is 0 Å². The van der Waals surface area contributed by atoms with Gasteiger partial charge in [-0.05, 0) is 95.5 Å². The van der Waals surface area contributed by atoms with Gasteiger partial charge in [-0.3, -0.25) is 19.6 Å². The fraction of sp³-hybridized carbons (Fsp3) is 0.435. The van der Waals surface area contributed by atoms with Crippen molar-refractivity contribution >= 4 is 54.9 Å². The van der Waals surface area contributed by atoms with Gasteiger partial charge in [0, 0.05) is 38.5 Å². The van der Waals surface area contributed by atoms with Crippen LogP contribution in [0, 0.1) is 5.82 Å². The van der Waals surface area contributed by atoms with Crippen LogP contribution in [-0.4, -0.2) is 70.7 Å². The van der Waals surface area contributed by atoms with E-state index in [0.717, 1.165) is 64.3 Å². The van der Waals surface area contributed by atoms with Crippen molar-refractivity contribution in [3.63, 3.8) is 0 Å². The van der Waals surface area contributed by atoms with Crippen LogP contribution in [0.5, 0.6) is 5.75 Å². The van der Waals surface area contributed by atoms with E-state index in [1.165, 1.54) is 22.7 Å². The Bertz CT molecular complexity index is 2750. The van der Waals surface area contributed by atoms with Crippen molar-refractivity contribution in [2.75, 3.05) is 13.2 Å². The number of aryl methyl sites for hydroxylation is 2. The van der Waals surface area contributed by atoms with Crippen LogP contribution in [0.15, 0.2) is 83.3 Å². The maximum atomic E-state index is 14.0. The number of aromatic nitrogens is 4. The number of thiazole rings is 2. The number of benzene rings is 2. The summed E-state index contributed by atoms with van der Waals surface area (Å²) in [7, 11) is 0. The SMILES string of the molecule is CC(C)(O)CCO.CCCCn1c(=NC(=O)c2cc(C(F)(F)F)ccc2F)sc2ccncc21.CCCCn1c(=NC(=O)c2cc(C(F)(F)F)ccc2OCCC(C)(C)O)sc2ccncc21. The molecule has 364 valence electrons. The van der Waals surface area contributed by atoms with E-state index in [1.807, 2.05) is 18.4 Å². The molecule has 67 heavy (non-hydrogen) atoms. The predicted octanol–water partition coefficient (Wildman–Crippen LogP) is 10.1. The zero-order valence-electron chi connectivity index (χ0n) is 37.7. The molecule has 2 aromatic carbocycles. The van der Waals surface area contributed by atoms with E-state index in [9.17, 15) is 45.4 Å². The summed E-state index contributed by atoms with van der Waals surface area (Å²) in [5.41, 5.74) is -3.18. The monoisotopic (exact) mass is 982 g/mol. The van der Waals surface area contributed by atoms with Crippen molar-refractivity contribution in [2.45, 2.75) is 117 Å². The largest absolute Gasteiger partial charge is 0.493 e. The van der Waals surface area contributed by atoms with Crippen LogP contribution in [0.4, 0.5) is 30.7 Å². The van der Waals surface area contributed by atoms with Crippen molar-refractivity contribution in [2.24, 2.45) is 9.98 Å². The second-order valence-corrected chi connectivity index (χ2v) is 18.4. The summed E-state index contributed by atoms with van der Waals surface area (Å²) < 4.78 is 103. The molecule has 3 N–H and O–H groups in total. The van der Waals surface area contributed by atoms with Crippen LogP contribution in [0.1, 0.15) is 112 Å². The molecule has 0 atom stereocenters. The number of nitrogens with zero attached hydrogens (tertiary/aromatic N) is 6. The number of alkyl halides is 6. The second-order valence-electron chi connectivity index (χ2n) is 16.4. The van der Waals surface area contributed by atoms with Crippen LogP contribution < -0.4 is 14.3 Å². The summed E-state index contributed by atoms with van der Waals surface area (Å²) >= 11 is 2.48. The van der Waals surface area contributed by atoms with Crippen LogP contribution in [0.25, 0.3) is 20.4 Å². The summed E-state index contributed by atoms with van der Waals surface area (Å²) in [4.78, 5) is 42.5. The lowest BCUT2D eigenvalue weighted by molar-refractivity contribution is -0.138. The smallest absolute Gasteiger partial charge is 0.416 e. The average molecular weight is 983 g/mol. The minimum atomic E-state index is -4.67. The Morgan fingerprint density at radius 3 is 1.55 bits per heavy atom. The zero-order valence-corrected chi connectivity index (χ0v) is 39.3. The van der Waals surface area contributed by atoms with Gasteiger partial charge in [0.1, 0.15) is 11.6 Å². The Morgan fingerprint density at radius 1 is 0.687 bits per heavy atom. The van der Waals surface area contributed by atoms with Crippen LogP contribution in [0.3, 0.4) is 0 Å². The van der Waals surface area contributed by atoms with Gasteiger partial charge in [-0.1, -0.05) is 49.4 Å². The van der Waals surface area contributed by atoms with Gasteiger partial charge >= 0.3 is 12.4 Å². The molecule has 6 aromatic rings. The van der Waals surface area contributed by atoms with Crippen molar-refractivity contribution in [3.8, 4) is 5.75 Å². The number of hydrogen-bond acceptors (Lipinski definition) is 10. The minimum Gasteiger partial charge on any atom is -0.493 e. The molecule has 0 spiro atoms. The summed E-state index contributed by atoms with van der Waals surface area (Å²) in [6.07, 6.45) is 1.43. The van der Waals surface area contributed by atoms with E-state index in [-0.39, 0.29) is 30.9 Å². The molecule has 0 aliphatic heterocycles. The van der Waals surface area contributed by atoms with E-state index >= 15 is 0 Å². The van der Waals surface area contributed by atoms with Crippen molar-refractivity contribution in [3.05, 3.63) is 111 Å². The molecule has 4 aromatic heterocycles. The molecule has 21 heteroatoms. The van der Waals surface area contributed by atoms with E-state index in [4.69, 9.17) is 14.9 Å². The third-order valence-electron chi connectivity index (χ3n) is 9.59. The van der Waals surface area contributed by atoms with Gasteiger partial charge in [0.2, 0.25) is 0 Å². The van der Waals surface area contributed by atoms with Gasteiger partial charge in [0.15, 0.2) is 9.60 Å². The number of fused-ring (bicyclic) bond motifs is 2. The minimum absolute atomic E-state index is 0.0103. The molecular weight excluding hydrogens is 930 g/mol. The molecule has 0 bridgehead atoms. The van der Waals surface area contributed by atoms with Gasteiger partial charge in [0.25, 0.3) is 11.8 Å². The molecule has 0 aliphatic rings. The Balaban J connectivity index is 0.000000260. The Kier molecular flexibility index (Phi) is 19.1. The van der Waals surface area contributed by atoms with Crippen LogP contribution in [-0.2, 0) is 25.4 Å². The maximum absolute atomic E-state index is 14.0. The number of aliphatic hydroxyl groups is 3. The number of halogens is 7. The predicted molar refractivity (Wildman–Crippen MR) is 242 cm³/mol. The van der Waals surface area contributed by atoms with Crippen LogP contribution >= 0.6 is 22.7 Å². The molecule has 0 saturated heterocycles. The third kappa shape index (κ3) is 16.2. The molecule has 0 saturated carbocycles. The van der Waals surface area contributed by atoms with Gasteiger partial charge in [0.05, 0.1) is 72.9 Å². The standard InChI is InChI=1S/C23H26F3N3O3S.C18H15F4N3OS.C5H12O2/c1-4-5-11-29-17-14-27-10-8-19(17)33-21(29)28-20(30)16-13-15(23(24,25)26)6-7-18(16)32-12-9-22(2,3)31;1-2-3-8-25-14-10-23-7-6-15(14)27-17(25)24-16(26)12-9-11(18(20,21)22)4-5-13(12)19;1-5(2,7)3-4-6/h6-8,10,13-14,31H,4-5,9,11-12H2,1-3H3;4-7,9-10H,2-3,8H2,1H3;6-7H,3-4H2,1-2H3. The zero-order chi connectivity index (χ0) is 49.7. The third-order valence-corrected chi connectivity index (χ3v) is 11.7. The van der Waals surface area contributed by atoms with Crippen molar-refractivity contribution in [1.29, 1.82) is 0 Å². The normalized spacial score (nSPS) is 12.8.